The molecule has 0 bridgehead atoms. The van der Waals surface area contributed by atoms with E-state index in [0.29, 0.717) is 17.2 Å². The van der Waals surface area contributed by atoms with E-state index in [0.717, 1.165) is 41.8 Å². The van der Waals surface area contributed by atoms with Crippen molar-refractivity contribution in [3.8, 4) is 11.5 Å². The van der Waals surface area contributed by atoms with Gasteiger partial charge in [0.15, 0.2) is 11.5 Å². The Morgan fingerprint density at radius 2 is 1.82 bits per heavy atom. The highest BCUT2D eigenvalue weighted by Gasteiger charge is 2.25. The van der Waals surface area contributed by atoms with Gasteiger partial charge in [-0.25, -0.2) is 4.79 Å². The quantitative estimate of drug-likeness (QED) is 0.665. The van der Waals surface area contributed by atoms with E-state index in [1.165, 1.54) is 0 Å². The molecular formula is C21H22N2O5. The van der Waals surface area contributed by atoms with Crippen LogP contribution in [0, 0.1) is 0 Å². The average Bonchev–Trinajstić information content (AvgIpc) is 2.71. The summed E-state index contributed by atoms with van der Waals surface area (Å²) in [6.07, 6.45) is 2.65. The van der Waals surface area contributed by atoms with E-state index in [1.54, 1.807) is 20.3 Å². The van der Waals surface area contributed by atoms with Gasteiger partial charge in [0.2, 0.25) is 5.91 Å². The first-order chi connectivity index (χ1) is 13.5. The maximum absolute atomic E-state index is 12.1. The lowest BCUT2D eigenvalue weighted by Crippen LogP contribution is -2.31. The van der Waals surface area contributed by atoms with Crippen molar-refractivity contribution in [3.05, 3.63) is 65.2 Å². The fraction of sp³-hybridized carbons (Fsp3) is 0.238. The number of carbonyl (C=O) groups is 2. The number of ether oxygens (including phenoxy) is 2. The molecule has 1 unspecified atom stereocenters. The molecular weight excluding hydrogens is 360 g/mol. The van der Waals surface area contributed by atoms with E-state index in [4.69, 9.17) is 14.6 Å². The second-order valence-corrected chi connectivity index (χ2v) is 6.29. The van der Waals surface area contributed by atoms with E-state index < -0.39 is 11.9 Å². The Morgan fingerprint density at radius 1 is 1.11 bits per heavy atom. The second-order valence-electron chi connectivity index (χ2n) is 6.29. The van der Waals surface area contributed by atoms with Crippen molar-refractivity contribution >= 4 is 17.6 Å². The molecule has 1 amide bonds. The fourth-order valence-corrected chi connectivity index (χ4v) is 3.34. The normalized spacial score (nSPS) is 15.7. The SMILES string of the molecule is COc1cc2c(cc1OC)C(c1ccccc1NC(=O)C=CC(=O)O)NCC2. The Labute approximate surface area is 163 Å². The predicted molar refractivity (Wildman–Crippen MR) is 105 cm³/mol. The molecule has 2 aromatic carbocycles. The molecule has 0 fully saturated rings. The summed E-state index contributed by atoms with van der Waals surface area (Å²) in [5.41, 5.74) is 3.69. The van der Waals surface area contributed by atoms with E-state index in [-0.39, 0.29) is 6.04 Å². The summed E-state index contributed by atoms with van der Waals surface area (Å²) < 4.78 is 10.9. The monoisotopic (exact) mass is 382 g/mol. The average molecular weight is 382 g/mol. The van der Waals surface area contributed by atoms with Gasteiger partial charge in [0.1, 0.15) is 0 Å². The first kappa shape index (κ1) is 19.4. The Hall–Kier alpha value is -3.32. The first-order valence-corrected chi connectivity index (χ1v) is 8.82. The van der Waals surface area contributed by atoms with Crippen LogP contribution in [0.4, 0.5) is 5.69 Å². The summed E-state index contributed by atoms with van der Waals surface area (Å²) in [6, 6.07) is 11.2. The summed E-state index contributed by atoms with van der Waals surface area (Å²) in [7, 11) is 3.21. The number of methoxy groups -OCH3 is 2. The van der Waals surface area contributed by atoms with Gasteiger partial charge < -0.3 is 25.2 Å². The van der Waals surface area contributed by atoms with Crippen molar-refractivity contribution in [2.45, 2.75) is 12.5 Å². The molecule has 0 saturated heterocycles. The maximum atomic E-state index is 12.1. The topological polar surface area (TPSA) is 96.9 Å². The minimum atomic E-state index is -1.17. The molecule has 0 spiro atoms. The number of amides is 1. The van der Waals surface area contributed by atoms with Crippen LogP contribution in [0.1, 0.15) is 22.7 Å². The predicted octanol–water partition coefficient (Wildman–Crippen LogP) is 2.52. The Balaban J connectivity index is 1.98. The molecule has 2 aromatic rings. The zero-order valence-corrected chi connectivity index (χ0v) is 15.7. The van der Waals surface area contributed by atoms with E-state index in [9.17, 15) is 9.59 Å². The number of carboxylic acids is 1. The number of hydrogen-bond acceptors (Lipinski definition) is 5. The van der Waals surface area contributed by atoms with Gasteiger partial charge in [0.05, 0.1) is 20.3 Å². The van der Waals surface area contributed by atoms with Gasteiger partial charge in [-0.3, -0.25) is 4.79 Å². The van der Waals surface area contributed by atoms with Crippen molar-refractivity contribution < 1.29 is 24.2 Å². The van der Waals surface area contributed by atoms with Crippen molar-refractivity contribution in [2.24, 2.45) is 0 Å². The van der Waals surface area contributed by atoms with Crippen LogP contribution in [0.15, 0.2) is 48.6 Å². The maximum Gasteiger partial charge on any atom is 0.328 e. The van der Waals surface area contributed by atoms with Gasteiger partial charge in [-0.1, -0.05) is 18.2 Å². The lowest BCUT2D eigenvalue weighted by molar-refractivity contribution is -0.131. The minimum Gasteiger partial charge on any atom is -0.493 e. The molecule has 1 heterocycles. The highest BCUT2D eigenvalue weighted by atomic mass is 16.5. The van der Waals surface area contributed by atoms with Gasteiger partial charge in [-0.05, 0) is 41.3 Å². The van der Waals surface area contributed by atoms with Gasteiger partial charge in [-0.15, -0.1) is 0 Å². The number of hydrogen-bond donors (Lipinski definition) is 3. The van der Waals surface area contributed by atoms with Crippen LogP contribution in [-0.2, 0) is 16.0 Å². The molecule has 1 atom stereocenters. The summed E-state index contributed by atoms with van der Waals surface area (Å²) in [5, 5.41) is 14.9. The van der Waals surface area contributed by atoms with Crippen LogP contribution in [0.5, 0.6) is 11.5 Å². The number of para-hydroxylation sites is 1. The molecule has 0 radical (unpaired) electrons. The highest BCUT2D eigenvalue weighted by molar-refractivity contribution is 6.02. The lowest BCUT2D eigenvalue weighted by atomic mass is 9.88. The van der Waals surface area contributed by atoms with Crippen molar-refractivity contribution in [1.82, 2.24) is 5.32 Å². The minimum absolute atomic E-state index is 0.150. The van der Waals surface area contributed by atoms with Crippen LogP contribution < -0.4 is 20.1 Å². The number of anilines is 1. The molecule has 3 N–H and O–H groups in total. The number of rotatable bonds is 6. The third kappa shape index (κ3) is 4.15. The van der Waals surface area contributed by atoms with Crippen molar-refractivity contribution in [1.29, 1.82) is 0 Å². The van der Waals surface area contributed by atoms with Crippen molar-refractivity contribution in [2.75, 3.05) is 26.1 Å². The summed E-state index contributed by atoms with van der Waals surface area (Å²) in [4.78, 5) is 22.7. The Morgan fingerprint density at radius 3 is 2.54 bits per heavy atom. The van der Waals surface area contributed by atoms with Gasteiger partial charge in [-0.2, -0.15) is 0 Å². The van der Waals surface area contributed by atoms with Crippen LogP contribution in [0.3, 0.4) is 0 Å². The zero-order valence-electron chi connectivity index (χ0n) is 15.7. The summed E-state index contributed by atoms with van der Waals surface area (Å²) in [5.74, 6) is -0.353. The van der Waals surface area contributed by atoms with Gasteiger partial charge >= 0.3 is 5.97 Å². The molecule has 0 aromatic heterocycles. The smallest absolute Gasteiger partial charge is 0.328 e. The number of fused-ring (bicyclic) bond motifs is 1. The summed E-state index contributed by atoms with van der Waals surface area (Å²) >= 11 is 0. The highest BCUT2D eigenvalue weighted by Crippen LogP contribution is 2.39. The summed E-state index contributed by atoms with van der Waals surface area (Å²) in [6.45, 7) is 0.772. The van der Waals surface area contributed by atoms with E-state index in [2.05, 4.69) is 10.6 Å². The zero-order chi connectivity index (χ0) is 20.1. The number of benzene rings is 2. The molecule has 7 heteroatoms. The Bertz CT molecular complexity index is 923. The van der Waals surface area contributed by atoms with Crippen LogP contribution >= 0.6 is 0 Å². The molecule has 0 saturated carbocycles. The third-order valence-corrected chi connectivity index (χ3v) is 4.61. The van der Waals surface area contributed by atoms with E-state index in [1.807, 2.05) is 30.3 Å². The number of carbonyl (C=O) groups excluding carboxylic acids is 1. The number of nitrogens with one attached hydrogen (secondary N) is 2. The molecule has 146 valence electrons. The standard InChI is InChI=1S/C21H22N2O5/c1-27-17-11-13-9-10-22-21(15(13)12-18(17)28-2)14-5-3-4-6-16(14)23-19(24)7-8-20(25)26/h3-8,11-12,21-22H,9-10H2,1-2H3,(H,23,24)(H,25,26). The van der Waals surface area contributed by atoms with Crippen molar-refractivity contribution in [3.63, 3.8) is 0 Å². The number of aliphatic carboxylic acids is 1. The molecule has 28 heavy (non-hydrogen) atoms. The van der Waals surface area contributed by atoms with Gasteiger partial charge in [0.25, 0.3) is 0 Å². The lowest BCUT2D eigenvalue weighted by Gasteiger charge is -2.29. The second kappa shape index (κ2) is 8.58. The molecule has 0 aliphatic carbocycles. The Kier molecular flexibility index (Phi) is 5.96. The number of carboxylic acid groups (broad SMARTS) is 1. The molecule has 3 rings (SSSR count). The van der Waals surface area contributed by atoms with Crippen LogP contribution in [0.2, 0.25) is 0 Å². The van der Waals surface area contributed by atoms with Crippen LogP contribution in [0.25, 0.3) is 0 Å². The largest absolute Gasteiger partial charge is 0.493 e. The molecule has 7 nitrogen and oxygen atoms in total. The first-order valence-electron chi connectivity index (χ1n) is 8.82. The third-order valence-electron chi connectivity index (χ3n) is 4.61. The van der Waals surface area contributed by atoms with Gasteiger partial charge in [0, 0.05) is 24.4 Å². The fourth-order valence-electron chi connectivity index (χ4n) is 3.34. The molecule has 1 aliphatic rings. The van der Waals surface area contributed by atoms with Crippen LogP contribution in [-0.4, -0.2) is 37.7 Å². The van der Waals surface area contributed by atoms with E-state index >= 15 is 0 Å². The molecule has 1 aliphatic heterocycles.